The molecular formula is C27H22FN3O4. The molecular weight excluding hydrogens is 449 g/mol. The summed E-state index contributed by atoms with van der Waals surface area (Å²) in [5, 5.41) is 2.76. The number of halogens is 1. The predicted octanol–water partition coefficient (Wildman–Crippen LogP) is 5.65. The molecule has 0 bridgehead atoms. The van der Waals surface area contributed by atoms with E-state index in [0.717, 1.165) is 5.56 Å². The van der Waals surface area contributed by atoms with Crippen LogP contribution in [-0.2, 0) is 11.4 Å². The van der Waals surface area contributed by atoms with Crippen LogP contribution in [0.15, 0.2) is 91.5 Å². The van der Waals surface area contributed by atoms with E-state index in [-0.39, 0.29) is 11.7 Å². The number of ether oxygens (including phenoxy) is 3. The number of anilines is 1. The molecule has 2 aromatic carbocycles. The van der Waals surface area contributed by atoms with E-state index in [9.17, 15) is 9.18 Å². The van der Waals surface area contributed by atoms with Crippen molar-refractivity contribution in [2.24, 2.45) is 0 Å². The van der Waals surface area contributed by atoms with Crippen LogP contribution in [0.25, 0.3) is 6.08 Å². The topological polar surface area (TPSA) is 82.6 Å². The van der Waals surface area contributed by atoms with Crippen LogP contribution in [0.3, 0.4) is 0 Å². The molecule has 2 heterocycles. The fourth-order valence-electron chi connectivity index (χ4n) is 3.11. The van der Waals surface area contributed by atoms with Gasteiger partial charge in [0.2, 0.25) is 5.91 Å². The van der Waals surface area contributed by atoms with Crippen LogP contribution in [0.4, 0.5) is 10.1 Å². The van der Waals surface area contributed by atoms with Crippen LogP contribution in [0.5, 0.6) is 23.0 Å². The lowest BCUT2D eigenvalue weighted by molar-refractivity contribution is -0.111. The summed E-state index contributed by atoms with van der Waals surface area (Å²) in [5.41, 5.74) is 1.93. The van der Waals surface area contributed by atoms with Crippen molar-refractivity contribution in [3.63, 3.8) is 0 Å². The normalized spacial score (nSPS) is 10.7. The number of rotatable bonds is 9. The van der Waals surface area contributed by atoms with Gasteiger partial charge < -0.3 is 19.5 Å². The summed E-state index contributed by atoms with van der Waals surface area (Å²) >= 11 is 0. The van der Waals surface area contributed by atoms with E-state index in [1.165, 1.54) is 30.5 Å². The Morgan fingerprint density at radius 2 is 1.77 bits per heavy atom. The van der Waals surface area contributed by atoms with E-state index in [2.05, 4.69) is 15.3 Å². The van der Waals surface area contributed by atoms with Gasteiger partial charge in [0.25, 0.3) is 0 Å². The highest BCUT2D eigenvalue weighted by Gasteiger charge is 2.09. The Morgan fingerprint density at radius 3 is 2.49 bits per heavy atom. The summed E-state index contributed by atoms with van der Waals surface area (Å²) in [4.78, 5) is 20.4. The second-order valence-electron chi connectivity index (χ2n) is 7.32. The number of carbonyl (C=O) groups excluding carboxylic acids is 1. The Morgan fingerprint density at radius 1 is 0.971 bits per heavy atom. The molecule has 0 saturated carbocycles. The molecule has 4 rings (SSSR count). The number of aromatic nitrogens is 2. The van der Waals surface area contributed by atoms with Gasteiger partial charge in [-0.2, -0.15) is 0 Å². The van der Waals surface area contributed by atoms with Crippen LogP contribution < -0.4 is 19.5 Å². The quantitative estimate of drug-likeness (QED) is 0.318. The number of hydrogen-bond donors (Lipinski definition) is 1. The Bertz CT molecular complexity index is 1310. The molecule has 1 N–H and O–H groups in total. The fourth-order valence-corrected chi connectivity index (χ4v) is 3.11. The van der Waals surface area contributed by atoms with Crippen molar-refractivity contribution in [1.29, 1.82) is 0 Å². The molecule has 0 atom stereocenters. The van der Waals surface area contributed by atoms with E-state index < -0.39 is 5.82 Å². The molecule has 0 aliphatic heterocycles. The van der Waals surface area contributed by atoms with Crippen LogP contribution in [0.1, 0.15) is 11.1 Å². The largest absolute Gasteiger partial charge is 0.493 e. The van der Waals surface area contributed by atoms with Crippen LogP contribution in [0.2, 0.25) is 0 Å². The first-order chi connectivity index (χ1) is 17.1. The second kappa shape index (κ2) is 11.4. The van der Waals surface area contributed by atoms with E-state index in [1.54, 1.807) is 62.1 Å². The summed E-state index contributed by atoms with van der Waals surface area (Å²) in [7, 11) is 1.54. The molecule has 8 heteroatoms. The molecule has 35 heavy (non-hydrogen) atoms. The molecule has 1 amide bonds. The van der Waals surface area contributed by atoms with Crippen molar-refractivity contribution < 1.29 is 23.4 Å². The molecule has 0 saturated heterocycles. The highest BCUT2D eigenvalue weighted by Crippen LogP contribution is 2.31. The summed E-state index contributed by atoms with van der Waals surface area (Å²) in [6.07, 6.45) is 9.32. The highest BCUT2D eigenvalue weighted by atomic mass is 19.1. The van der Waals surface area contributed by atoms with Gasteiger partial charge in [-0.05, 0) is 54.1 Å². The number of methoxy groups -OCH3 is 1. The maximum atomic E-state index is 14.4. The maximum absolute atomic E-state index is 14.4. The van der Waals surface area contributed by atoms with Gasteiger partial charge in [0, 0.05) is 42.0 Å². The number of nitrogens with one attached hydrogen (secondary N) is 1. The lowest BCUT2D eigenvalue weighted by Crippen LogP contribution is -2.08. The molecule has 0 radical (unpaired) electrons. The van der Waals surface area contributed by atoms with Gasteiger partial charge in [-0.15, -0.1) is 0 Å². The fraction of sp³-hybridized carbons (Fsp3) is 0.0741. The molecule has 2 aromatic heterocycles. The molecule has 176 valence electrons. The molecule has 0 spiro atoms. The average molecular weight is 471 g/mol. The van der Waals surface area contributed by atoms with E-state index in [4.69, 9.17) is 14.2 Å². The zero-order valence-corrected chi connectivity index (χ0v) is 18.9. The average Bonchev–Trinajstić information content (AvgIpc) is 2.89. The first-order valence-electron chi connectivity index (χ1n) is 10.7. The number of amides is 1. The number of nitrogens with zero attached hydrogens (tertiary/aromatic N) is 2. The van der Waals surface area contributed by atoms with E-state index >= 15 is 0 Å². The summed E-state index contributed by atoms with van der Waals surface area (Å²) in [6, 6.07) is 16.6. The third kappa shape index (κ3) is 6.64. The van der Waals surface area contributed by atoms with Crippen molar-refractivity contribution in [3.8, 4) is 23.0 Å². The number of carbonyl (C=O) groups is 1. The molecule has 0 aliphatic rings. The SMILES string of the molecule is COc1ccc(NC(=O)/C=C/c2ccc(Oc3cccnc3)c(F)c2)cc1OCc1cccnc1. The lowest BCUT2D eigenvalue weighted by atomic mass is 10.2. The number of benzene rings is 2. The lowest BCUT2D eigenvalue weighted by Gasteiger charge is -2.12. The minimum Gasteiger partial charge on any atom is -0.493 e. The van der Waals surface area contributed by atoms with Gasteiger partial charge in [-0.25, -0.2) is 4.39 Å². The maximum Gasteiger partial charge on any atom is 0.248 e. The third-order valence-electron chi connectivity index (χ3n) is 4.79. The van der Waals surface area contributed by atoms with Crippen LogP contribution in [0, 0.1) is 5.82 Å². The molecule has 4 aromatic rings. The van der Waals surface area contributed by atoms with Gasteiger partial charge in [0.15, 0.2) is 23.1 Å². The standard InChI is InChI=1S/C27H22FN3O4/c1-33-25-10-8-21(15-26(25)34-18-20-4-2-12-29-16-20)31-27(32)11-7-19-6-9-24(23(28)14-19)35-22-5-3-13-30-17-22/h2-17H,18H2,1H3,(H,31,32)/b11-7+. The Balaban J connectivity index is 1.38. The van der Waals surface area contributed by atoms with Crippen molar-refractivity contribution in [1.82, 2.24) is 9.97 Å². The second-order valence-corrected chi connectivity index (χ2v) is 7.32. The summed E-state index contributed by atoms with van der Waals surface area (Å²) in [6.45, 7) is 0.299. The van der Waals surface area contributed by atoms with Crippen molar-refractivity contribution in [3.05, 3.63) is 108 Å². The smallest absolute Gasteiger partial charge is 0.248 e. The van der Waals surface area contributed by atoms with Gasteiger partial charge in [0.1, 0.15) is 12.4 Å². The van der Waals surface area contributed by atoms with Gasteiger partial charge in [-0.3, -0.25) is 14.8 Å². The van der Waals surface area contributed by atoms with E-state index in [0.29, 0.717) is 35.1 Å². The number of pyridine rings is 2. The molecule has 0 aliphatic carbocycles. The zero-order valence-electron chi connectivity index (χ0n) is 18.9. The summed E-state index contributed by atoms with van der Waals surface area (Å²) < 4.78 is 31.1. The Hall–Kier alpha value is -4.72. The molecule has 0 unspecified atom stereocenters. The zero-order chi connectivity index (χ0) is 24.5. The third-order valence-corrected chi connectivity index (χ3v) is 4.79. The molecule has 0 fully saturated rings. The van der Waals surface area contributed by atoms with E-state index in [1.807, 2.05) is 12.1 Å². The van der Waals surface area contributed by atoms with Gasteiger partial charge in [-0.1, -0.05) is 12.1 Å². The van der Waals surface area contributed by atoms with Crippen LogP contribution >= 0.6 is 0 Å². The Kier molecular flexibility index (Phi) is 7.65. The van der Waals surface area contributed by atoms with Crippen molar-refractivity contribution in [2.75, 3.05) is 12.4 Å². The predicted molar refractivity (Wildman–Crippen MR) is 130 cm³/mol. The highest BCUT2D eigenvalue weighted by molar-refractivity contribution is 6.02. The molecule has 7 nitrogen and oxygen atoms in total. The first kappa shape index (κ1) is 23.4. The monoisotopic (exact) mass is 471 g/mol. The minimum atomic E-state index is -0.554. The van der Waals surface area contributed by atoms with Crippen molar-refractivity contribution in [2.45, 2.75) is 6.61 Å². The van der Waals surface area contributed by atoms with Crippen molar-refractivity contribution >= 4 is 17.7 Å². The first-order valence-corrected chi connectivity index (χ1v) is 10.7. The van der Waals surface area contributed by atoms with Gasteiger partial charge in [0.05, 0.1) is 13.3 Å². The minimum absolute atomic E-state index is 0.0663. The van der Waals surface area contributed by atoms with Crippen LogP contribution in [-0.4, -0.2) is 23.0 Å². The Labute approximate surface area is 201 Å². The summed E-state index contributed by atoms with van der Waals surface area (Å²) in [5.74, 6) is 0.566. The van der Waals surface area contributed by atoms with Gasteiger partial charge >= 0.3 is 0 Å². The number of hydrogen-bond acceptors (Lipinski definition) is 6.